The highest BCUT2D eigenvalue weighted by molar-refractivity contribution is 6.29. The van der Waals surface area contributed by atoms with Crippen LogP contribution in [0.3, 0.4) is 0 Å². The number of rotatable bonds is 9. The zero-order valence-electron chi connectivity index (χ0n) is 22.2. The van der Waals surface area contributed by atoms with Crippen molar-refractivity contribution in [1.82, 2.24) is 29.7 Å². The molecule has 4 aromatic heterocycles. The van der Waals surface area contributed by atoms with Gasteiger partial charge < -0.3 is 20.9 Å². The smallest absolute Gasteiger partial charge is 0.421 e. The van der Waals surface area contributed by atoms with E-state index in [4.69, 9.17) is 22.1 Å². The lowest BCUT2D eigenvalue weighted by molar-refractivity contribution is -0.259. The summed E-state index contributed by atoms with van der Waals surface area (Å²) in [5.41, 5.74) is 5.23. The molecule has 0 aromatic carbocycles. The molecule has 0 aliphatic rings. The monoisotopic (exact) mass is 576 g/mol. The molecule has 0 spiro atoms. The average Bonchev–Trinajstić information content (AvgIpc) is 3.16. The number of ether oxygens (including phenoxy) is 1. The summed E-state index contributed by atoms with van der Waals surface area (Å²) < 4.78 is 47.3. The summed E-state index contributed by atoms with van der Waals surface area (Å²) in [4.78, 5) is 16.8. The Kier molecular flexibility index (Phi) is 8.17. The van der Waals surface area contributed by atoms with Crippen molar-refractivity contribution in [1.29, 1.82) is 0 Å². The van der Waals surface area contributed by atoms with Crippen LogP contribution in [0.25, 0.3) is 22.6 Å². The van der Waals surface area contributed by atoms with Crippen LogP contribution in [-0.4, -0.2) is 53.6 Å². The van der Waals surface area contributed by atoms with Gasteiger partial charge in [-0.3, -0.25) is 4.98 Å². The molecule has 40 heavy (non-hydrogen) atoms. The van der Waals surface area contributed by atoms with E-state index in [1.54, 1.807) is 30.1 Å². The van der Waals surface area contributed by atoms with Crippen molar-refractivity contribution in [2.24, 2.45) is 7.05 Å². The predicted molar refractivity (Wildman–Crippen MR) is 145 cm³/mol. The summed E-state index contributed by atoms with van der Waals surface area (Å²) in [5, 5.41) is 17.9. The molecule has 10 nitrogen and oxygen atoms in total. The number of alkyl halides is 3. The first-order chi connectivity index (χ1) is 18.8. The molecule has 0 bridgehead atoms. The van der Waals surface area contributed by atoms with Gasteiger partial charge in [0.2, 0.25) is 5.88 Å². The Hall–Kier alpha value is -3.97. The fourth-order valence-electron chi connectivity index (χ4n) is 3.98. The Morgan fingerprint density at radius 2 is 1.93 bits per heavy atom. The highest BCUT2D eigenvalue weighted by atomic mass is 35.5. The highest BCUT2D eigenvalue weighted by Gasteiger charge is 2.51. The van der Waals surface area contributed by atoms with E-state index in [0.29, 0.717) is 65.7 Å². The van der Waals surface area contributed by atoms with Crippen LogP contribution >= 0.6 is 11.6 Å². The van der Waals surface area contributed by atoms with Gasteiger partial charge in [0.1, 0.15) is 16.5 Å². The number of nitrogen functional groups attached to an aromatic ring is 1. The molecule has 0 saturated carbocycles. The topological polar surface area (TPSA) is 137 Å². The zero-order chi connectivity index (χ0) is 29.2. The van der Waals surface area contributed by atoms with Gasteiger partial charge in [-0.1, -0.05) is 17.7 Å². The highest BCUT2D eigenvalue weighted by Crippen LogP contribution is 2.39. The van der Waals surface area contributed by atoms with Crippen LogP contribution in [0.1, 0.15) is 31.5 Å². The fraction of sp³-hybridized carbons (Fsp3) is 0.346. The largest absolute Gasteiger partial charge is 0.477 e. The lowest BCUT2D eigenvalue weighted by Crippen LogP contribution is -2.39. The molecule has 0 fully saturated rings. The average molecular weight is 577 g/mol. The van der Waals surface area contributed by atoms with E-state index in [9.17, 15) is 18.3 Å². The lowest BCUT2D eigenvalue weighted by atomic mass is 9.96. The van der Waals surface area contributed by atoms with Crippen LogP contribution in [0, 0.1) is 6.92 Å². The SMILES string of the molecule is Cc1nn(C)c(OCC[C@H](C)Nc2cc(Cl)ncc2-c2ccc(C(C)(O)C(F)(F)F)cn2)c1-c1nccc(N)n1. The molecule has 0 aliphatic heterocycles. The van der Waals surface area contributed by atoms with Gasteiger partial charge in [0.05, 0.1) is 18.0 Å². The number of nitrogens with one attached hydrogen (secondary N) is 1. The number of aromatic nitrogens is 6. The standard InChI is InChI=1S/C26H28ClF3N8O2/c1-14(8-10-40-24-22(15(2)37-38(24)4)23-32-9-7-21(31)36-23)35-19-11-20(27)34-13-17(19)18-6-5-16(12-33-18)25(3,39)26(28,29)30/h5-7,9,11-14,39H,8,10H2,1-4H3,(H,34,35)(H2,31,32,36)/t14-,25?/m0/s1. The van der Waals surface area contributed by atoms with Gasteiger partial charge in [-0.25, -0.2) is 19.6 Å². The molecule has 14 heteroatoms. The summed E-state index contributed by atoms with van der Waals surface area (Å²) in [6, 6.07) is 5.66. The van der Waals surface area contributed by atoms with Crippen molar-refractivity contribution in [2.45, 2.75) is 45.0 Å². The first-order valence-corrected chi connectivity index (χ1v) is 12.6. The van der Waals surface area contributed by atoms with E-state index in [1.165, 1.54) is 18.3 Å². The minimum atomic E-state index is -4.85. The van der Waals surface area contributed by atoms with Crippen molar-refractivity contribution >= 4 is 23.1 Å². The molecular weight excluding hydrogens is 549 g/mol. The van der Waals surface area contributed by atoms with Crippen LogP contribution in [0.15, 0.2) is 42.9 Å². The summed E-state index contributed by atoms with van der Waals surface area (Å²) in [5.74, 6) is 1.25. The minimum absolute atomic E-state index is 0.121. The number of nitrogens with zero attached hydrogens (tertiary/aromatic N) is 6. The van der Waals surface area contributed by atoms with E-state index in [-0.39, 0.29) is 16.8 Å². The first kappa shape index (κ1) is 29.0. The summed E-state index contributed by atoms with van der Waals surface area (Å²) in [7, 11) is 1.76. The summed E-state index contributed by atoms with van der Waals surface area (Å²) >= 11 is 6.13. The molecule has 4 rings (SSSR count). The Morgan fingerprint density at radius 3 is 2.58 bits per heavy atom. The van der Waals surface area contributed by atoms with Crippen LogP contribution in [0.4, 0.5) is 24.7 Å². The number of halogens is 4. The van der Waals surface area contributed by atoms with Crippen LogP contribution in [-0.2, 0) is 12.6 Å². The van der Waals surface area contributed by atoms with Crippen LogP contribution in [0.2, 0.25) is 5.15 Å². The number of anilines is 2. The van der Waals surface area contributed by atoms with Gasteiger partial charge in [-0.2, -0.15) is 18.3 Å². The molecule has 4 heterocycles. The molecule has 212 valence electrons. The molecule has 0 amide bonds. The van der Waals surface area contributed by atoms with Crippen molar-refractivity contribution < 1.29 is 23.0 Å². The van der Waals surface area contributed by atoms with E-state index < -0.39 is 11.8 Å². The number of nitrogens with two attached hydrogens (primary N) is 1. The van der Waals surface area contributed by atoms with E-state index in [2.05, 4.69) is 30.4 Å². The Morgan fingerprint density at radius 1 is 1.18 bits per heavy atom. The van der Waals surface area contributed by atoms with Gasteiger partial charge in [0.15, 0.2) is 11.4 Å². The van der Waals surface area contributed by atoms with E-state index in [1.807, 2.05) is 13.8 Å². The normalized spacial score (nSPS) is 14.0. The van der Waals surface area contributed by atoms with Crippen LogP contribution in [0.5, 0.6) is 5.88 Å². The second-order valence-electron chi connectivity index (χ2n) is 9.43. The van der Waals surface area contributed by atoms with E-state index in [0.717, 1.165) is 6.20 Å². The van der Waals surface area contributed by atoms with Crippen molar-refractivity contribution in [3.05, 3.63) is 59.3 Å². The molecule has 4 N–H and O–H groups in total. The molecule has 1 unspecified atom stereocenters. The molecule has 0 aliphatic carbocycles. The summed E-state index contributed by atoms with van der Waals surface area (Å²) in [6.07, 6.45) is -0.247. The van der Waals surface area contributed by atoms with Gasteiger partial charge in [0, 0.05) is 54.9 Å². The molecular formula is C26H28ClF3N8O2. The quantitative estimate of drug-likeness (QED) is 0.237. The van der Waals surface area contributed by atoms with Crippen LogP contribution < -0.4 is 15.8 Å². The molecule has 2 atom stereocenters. The second-order valence-corrected chi connectivity index (χ2v) is 9.82. The van der Waals surface area contributed by atoms with Gasteiger partial charge in [-0.15, -0.1) is 0 Å². The first-order valence-electron chi connectivity index (χ1n) is 12.2. The van der Waals surface area contributed by atoms with Gasteiger partial charge >= 0.3 is 6.18 Å². The second kappa shape index (κ2) is 11.3. The van der Waals surface area contributed by atoms with Crippen molar-refractivity contribution in [3.63, 3.8) is 0 Å². The molecule has 4 aromatic rings. The van der Waals surface area contributed by atoms with E-state index >= 15 is 0 Å². The van der Waals surface area contributed by atoms with Crippen molar-refractivity contribution in [2.75, 3.05) is 17.7 Å². The number of aryl methyl sites for hydroxylation is 2. The number of aliphatic hydroxyl groups is 1. The third-order valence-corrected chi connectivity index (χ3v) is 6.49. The Balaban J connectivity index is 1.47. The number of pyridine rings is 2. The fourth-order valence-corrected chi connectivity index (χ4v) is 4.14. The summed E-state index contributed by atoms with van der Waals surface area (Å²) in [6.45, 7) is 4.77. The maximum Gasteiger partial charge on any atom is 0.421 e. The van der Waals surface area contributed by atoms with Gasteiger partial charge in [-0.05, 0) is 39.0 Å². The Bertz CT molecular complexity index is 1490. The predicted octanol–water partition coefficient (Wildman–Crippen LogP) is 4.92. The molecule has 0 saturated heterocycles. The number of hydrogen-bond acceptors (Lipinski definition) is 9. The third kappa shape index (κ3) is 6.10. The minimum Gasteiger partial charge on any atom is -0.477 e. The number of hydrogen-bond donors (Lipinski definition) is 3. The lowest BCUT2D eigenvalue weighted by Gasteiger charge is -2.26. The zero-order valence-corrected chi connectivity index (χ0v) is 22.9. The Labute approximate surface area is 233 Å². The van der Waals surface area contributed by atoms with Gasteiger partial charge in [0.25, 0.3) is 0 Å². The van der Waals surface area contributed by atoms with Crippen molar-refractivity contribution in [3.8, 4) is 28.5 Å². The maximum atomic E-state index is 13.2. The molecule has 0 radical (unpaired) electrons. The third-order valence-electron chi connectivity index (χ3n) is 6.29. The maximum absolute atomic E-state index is 13.2.